The summed E-state index contributed by atoms with van der Waals surface area (Å²) in [6.45, 7) is 3.49. The number of carboxylic acids is 1. The molecule has 7 heteroatoms. The number of carbonyl (C=O) groups is 2. The lowest BCUT2D eigenvalue weighted by Crippen LogP contribution is -2.33. The topological polar surface area (TPSA) is 84.7 Å². The van der Waals surface area contributed by atoms with Crippen molar-refractivity contribution in [1.82, 2.24) is 14.7 Å². The molecule has 7 nitrogen and oxygen atoms in total. The molecule has 2 aromatic rings. The van der Waals surface area contributed by atoms with E-state index in [1.165, 1.54) is 11.1 Å². The van der Waals surface area contributed by atoms with Crippen LogP contribution in [0.3, 0.4) is 0 Å². The van der Waals surface area contributed by atoms with Crippen LogP contribution in [0, 0.1) is 12.8 Å². The average Bonchev–Trinajstić information content (AvgIpc) is 2.95. The van der Waals surface area contributed by atoms with Crippen LogP contribution in [0.2, 0.25) is 0 Å². The first kappa shape index (κ1) is 17.5. The Balaban J connectivity index is 2.29. The first-order valence-electron chi connectivity index (χ1n) is 7.53. The molecule has 0 bridgehead atoms. The molecular weight excluding hydrogens is 310 g/mol. The van der Waals surface area contributed by atoms with Crippen LogP contribution >= 0.6 is 0 Å². The van der Waals surface area contributed by atoms with E-state index in [-0.39, 0.29) is 12.5 Å². The number of benzene rings is 1. The van der Waals surface area contributed by atoms with Crippen molar-refractivity contribution in [2.75, 3.05) is 20.7 Å². The Morgan fingerprint density at radius 1 is 1.38 bits per heavy atom. The summed E-state index contributed by atoms with van der Waals surface area (Å²) in [7, 11) is 3.16. The summed E-state index contributed by atoms with van der Waals surface area (Å²) < 4.78 is 6.97. The molecule has 128 valence electrons. The maximum atomic E-state index is 12.6. The lowest BCUT2D eigenvalue weighted by molar-refractivity contribution is -0.141. The summed E-state index contributed by atoms with van der Waals surface area (Å²) in [5.74, 6) is -1.18. The van der Waals surface area contributed by atoms with Crippen LogP contribution in [0.1, 0.15) is 23.0 Å². The van der Waals surface area contributed by atoms with Crippen molar-refractivity contribution in [3.8, 4) is 11.4 Å². The lowest BCUT2D eigenvalue weighted by Gasteiger charge is -2.19. The number of nitrogens with zero attached hydrogens (tertiary/aromatic N) is 3. The molecule has 0 fully saturated rings. The Morgan fingerprint density at radius 3 is 2.67 bits per heavy atom. The summed E-state index contributed by atoms with van der Waals surface area (Å²) in [5, 5.41) is 13.3. The van der Waals surface area contributed by atoms with Crippen LogP contribution in [0.5, 0.6) is 5.75 Å². The van der Waals surface area contributed by atoms with Gasteiger partial charge in [0.1, 0.15) is 11.4 Å². The van der Waals surface area contributed by atoms with Gasteiger partial charge in [-0.3, -0.25) is 9.59 Å². The third-order valence-electron chi connectivity index (χ3n) is 3.87. The van der Waals surface area contributed by atoms with E-state index in [9.17, 15) is 9.59 Å². The van der Waals surface area contributed by atoms with E-state index in [2.05, 4.69) is 5.10 Å². The molecule has 0 radical (unpaired) electrons. The molecule has 1 atom stereocenters. The predicted molar refractivity (Wildman–Crippen MR) is 88.6 cm³/mol. The Hall–Kier alpha value is -2.83. The van der Waals surface area contributed by atoms with Gasteiger partial charge in [0, 0.05) is 13.6 Å². The zero-order chi connectivity index (χ0) is 17.9. The molecule has 0 aliphatic carbocycles. The SMILES string of the molecule is COc1ccccc1-n1ncc(C(=O)N(C)CC(C)C(=O)O)c1C. The highest BCUT2D eigenvalue weighted by atomic mass is 16.5. The van der Waals surface area contributed by atoms with Gasteiger partial charge in [-0.2, -0.15) is 5.10 Å². The minimum atomic E-state index is -0.934. The van der Waals surface area contributed by atoms with Gasteiger partial charge in [-0.1, -0.05) is 19.1 Å². The smallest absolute Gasteiger partial charge is 0.308 e. The van der Waals surface area contributed by atoms with Gasteiger partial charge in [-0.15, -0.1) is 0 Å². The molecule has 24 heavy (non-hydrogen) atoms. The first-order valence-corrected chi connectivity index (χ1v) is 7.53. The fraction of sp³-hybridized carbons (Fsp3) is 0.353. The number of para-hydroxylation sites is 2. The highest BCUT2D eigenvalue weighted by Crippen LogP contribution is 2.24. The van der Waals surface area contributed by atoms with E-state index in [1.54, 1.807) is 32.7 Å². The summed E-state index contributed by atoms with van der Waals surface area (Å²) in [5.41, 5.74) is 1.83. The van der Waals surface area contributed by atoms with Crippen LogP contribution in [0.15, 0.2) is 30.5 Å². The van der Waals surface area contributed by atoms with Gasteiger partial charge < -0.3 is 14.7 Å². The fourth-order valence-electron chi connectivity index (χ4n) is 2.44. The molecule has 0 spiro atoms. The quantitative estimate of drug-likeness (QED) is 0.875. The minimum absolute atomic E-state index is 0.132. The molecule has 1 unspecified atom stereocenters. The van der Waals surface area contributed by atoms with E-state index in [0.717, 1.165) is 5.69 Å². The maximum absolute atomic E-state index is 12.6. The van der Waals surface area contributed by atoms with Gasteiger partial charge in [0.25, 0.3) is 5.91 Å². The number of carbonyl (C=O) groups excluding carboxylic acids is 1. The van der Waals surface area contributed by atoms with Gasteiger partial charge in [0.15, 0.2) is 0 Å². The van der Waals surface area contributed by atoms with Crippen molar-refractivity contribution >= 4 is 11.9 Å². The molecule has 1 heterocycles. The molecule has 1 aromatic heterocycles. The standard InChI is InChI=1S/C17H21N3O4/c1-11(17(22)23)10-19(3)16(21)13-9-18-20(12(13)2)14-7-5-6-8-15(14)24-4/h5-9,11H,10H2,1-4H3,(H,22,23). The largest absolute Gasteiger partial charge is 0.494 e. The average molecular weight is 331 g/mol. The Morgan fingerprint density at radius 2 is 2.04 bits per heavy atom. The van der Waals surface area contributed by atoms with Crippen LogP contribution < -0.4 is 4.74 Å². The van der Waals surface area contributed by atoms with Gasteiger partial charge in [-0.05, 0) is 19.1 Å². The van der Waals surface area contributed by atoms with E-state index in [0.29, 0.717) is 17.0 Å². The second kappa shape index (κ2) is 7.16. The number of rotatable bonds is 6. The number of ether oxygens (including phenoxy) is 1. The molecule has 0 saturated carbocycles. The predicted octanol–water partition coefficient (Wildman–Crippen LogP) is 1.98. The molecular formula is C17H21N3O4. The number of methoxy groups -OCH3 is 1. The molecule has 2 rings (SSSR count). The summed E-state index contributed by atoms with van der Waals surface area (Å²) in [6.07, 6.45) is 1.49. The molecule has 0 saturated heterocycles. The fourth-order valence-corrected chi connectivity index (χ4v) is 2.44. The number of amides is 1. The molecule has 1 N–H and O–H groups in total. The number of aromatic nitrogens is 2. The molecule has 1 aromatic carbocycles. The van der Waals surface area contributed by atoms with Crippen LogP contribution in [0.25, 0.3) is 5.69 Å². The molecule has 0 aliphatic rings. The molecule has 0 aliphatic heterocycles. The van der Waals surface area contributed by atoms with Crippen molar-refractivity contribution < 1.29 is 19.4 Å². The number of hydrogen-bond acceptors (Lipinski definition) is 4. The lowest BCUT2D eigenvalue weighted by atomic mass is 10.1. The van der Waals surface area contributed by atoms with E-state index < -0.39 is 11.9 Å². The normalized spacial score (nSPS) is 11.8. The molecule has 1 amide bonds. The third-order valence-corrected chi connectivity index (χ3v) is 3.87. The number of carboxylic acid groups (broad SMARTS) is 1. The second-order valence-corrected chi connectivity index (χ2v) is 5.65. The van der Waals surface area contributed by atoms with Crippen molar-refractivity contribution in [2.45, 2.75) is 13.8 Å². The Labute approximate surface area is 140 Å². The highest BCUT2D eigenvalue weighted by Gasteiger charge is 2.22. The van der Waals surface area contributed by atoms with Crippen molar-refractivity contribution in [3.05, 3.63) is 41.7 Å². The zero-order valence-corrected chi connectivity index (χ0v) is 14.2. The van der Waals surface area contributed by atoms with Gasteiger partial charge in [0.2, 0.25) is 0 Å². The van der Waals surface area contributed by atoms with Gasteiger partial charge in [-0.25, -0.2) is 4.68 Å². The zero-order valence-electron chi connectivity index (χ0n) is 14.2. The Bertz CT molecular complexity index is 754. The van der Waals surface area contributed by atoms with E-state index in [1.807, 2.05) is 24.3 Å². The summed E-state index contributed by atoms with van der Waals surface area (Å²) in [6, 6.07) is 7.39. The monoisotopic (exact) mass is 331 g/mol. The highest BCUT2D eigenvalue weighted by molar-refractivity contribution is 5.95. The Kier molecular flexibility index (Phi) is 5.23. The second-order valence-electron chi connectivity index (χ2n) is 5.65. The number of hydrogen-bond donors (Lipinski definition) is 1. The van der Waals surface area contributed by atoms with Crippen molar-refractivity contribution in [1.29, 1.82) is 0 Å². The number of aliphatic carboxylic acids is 1. The maximum Gasteiger partial charge on any atom is 0.308 e. The van der Waals surface area contributed by atoms with Gasteiger partial charge in [0.05, 0.1) is 30.5 Å². The van der Waals surface area contributed by atoms with E-state index in [4.69, 9.17) is 9.84 Å². The third kappa shape index (κ3) is 3.40. The van der Waals surface area contributed by atoms with E-state index >= 15 is 0 Å². The van der Waals surface area contributed by atoms with Crippen LogP contribution in [-0.4, -0.2) is 52.4 Å². The van der Waals surface area contributed by atoms with Crippen molar-refractivity contribution in [3.63, 3.8) is 0 Å². The van der Waals surface area contributed by atoms with Crippen LogP contribution in [-0.2, 0) is 4.79 Å². The summed E-state index contributed by atoms with van der Waals surface area (Å²) in [4.78, 5) is 24.9. The minimum Gasteiger partial charge on any atom is -0.494 e. The van der Waals surface area contributed by atoms with Crippen LogP contribution in [0.4, 0.5) is 0 Å². The summed E-state index contributed by atoms with van der Waals surface area (Å²) >= 11 is 0. The van der Waals surface area contributed by atoms with Gasteiger partial charge >= 0.3 is 5.97 Å². The van der Waals surface area contributed by atoms with Crippen molar-refractivity contribution in [2.24, 2.45) is 5.92 Å². The first-order chi connectivity index (χ1) is 11.4.